The minimum Gasteiger partial charge on any atom is -0.322 e. The van der Waals surface area contributed by atoms with Crippen molar-refractivity contribution in [1.29, 1.82) is 0 Å². The number of aromatic nitrogens is 4. The zero-order valence-electron chi connectivity index (χ0n) is 15.6. The molecule has 0 saturated heterocycles. The van der Waals surface area contributed by atoms with Crippen LogP contribution in [0, 0.1) is 10.1 Å². The fourth-order valence-electron chi connectivity index (χ4n) is 3.12. The molecule has 0 radical (unpaired) electrons. The zero-order chi connectivity index (χ0) is 20.4. The summed E-state index contributed by atoms with van der Waals surface area (Å²) in [6, 6.07) is 13.6. The first-order valence-electron chi connectivity index (χ1n) is 9.00. The van der Waals surface area contributed by atoms with Crippen LogP contribution in [-0.2, 0) is 11.3 Å². The lowest BCUT2D eigenvalue weighted by molar-refractivity contribution is -0.385. The molecule has 29 heavy (non-hydrogen) atoms. The van der Waals surface area contributed by atoms with E-state index in [1.165, 1.54) is 10.9 Å². The molecule has 1 N–H and O–H groups in total. The van der Waals surface area contributed by atoms with Crippen LogP contribution < -0.4 is 5.32 Å². The van der Waals surface area contributed by atoms with E-state index in [1.54, 1.807) is 24.0 Å². The van der Waals surface area contributed by atoms with Gasteiger partial charge in [-0.3, -0.25) is 24.3 Å². The Hall–Kier alpha value is -4.01. The van der Waals surface area contributed by atoms with Gasteiger partial charge < -0.3 is 5.32 Å². The first-order valence-corrected chi connectivity index (χ1v) is 9.00. The Morgan fingerprint density at radius 2 is 1.93 bits per heavy atom. The molecule has 1 atom stereocenters. The van der Waals surface area contributed by atoms with Gasteiger partial charge >= 0.3 is 5.69 Å². The van der Waals surface area contributed by atoms with Crippen molar-refractivity contribution in [1.82, 2.24) is 19.6 Å². The minimum absolute atomic E-state index is 0.160. The first kappa shape index (κ1) is 18.4. The summed E-state index contributed by atoms with van der Waals surface area (Å²) in [6.07, 6.45) is 5.67. The monoisotopic (exact) mass is 390 g/mol. The molecule has 2 aromatic carbocycles. The number of benzene rings is 2. The maximum absolute atomic E-state index is 12.5. The predicted octanol–water partition coefficient (Wildman–Crippen LogP) is 3.39. The molecule has 0 aliphatic carbocycles. The number of fused-ring (bicyclic) bond motifs is 1. The average Bonchev–Trinajstić information content (AvgIpc) is 3.37. The van der Waals surface area contributed by atoms with Gasteiger partial charge in [0.25, 0.3) is 0 Å². The number of nitrogens with zero attached hydrogens (tertiary/aromatic N) is 5. The van der Waals surface area contributed by atoms with Crippen LogP contribution in [0.1, 0.15) is 18.5 Å². The van der Waals surface area contributed by atoms with E-state index < -0.39 is 11.0 Å². The minimum atomic E-state index is -0.704. The van der Waals surface area contributed by atoms with Crippen LogP contribution in [0.25, 0.3) is 10.8 Å². The van der Waals surface area contributed by atoms with Crippen LogP contribution in [0.4, 0.5) is 11.4 Å². The molecule has 1 unspecified atom stereocenters. The van der Waals surface area contributed by atoms with Gasteiger partial charge in [0.1, 0.15) is 18.4 Å². The summed E-state index contributed by atoms with van der Waals surface area (Å²) in [5.74, 6) is -0.340. The van der Waals surface area contributed by atoms with Crippen LogP contribution in [0.5, 0.6) is 0 Å². The molecule has 146 valence electrons. The smallest absolute Gasteiger partial charge is 0.307 e. The van der Waals surface area contributed by atoms with Crippen molar-refractivity contribution >= 4 is 28.1 Å². The maximum atomic E-state index is 12.5. The molecule has 2 aromatic heterocycles. The molecule has 0 aliphatic heterocycles. The highest BCUT2D eigenvalue weighted by atomic mass is 16.6. The van der Waals surface area contributed by atoms with Gasteiger partial charge in [0.2, 0.25) is 5.91 Å². The molecule has 2 heterocycles. The average molecular weight is 390 g/mol. The van der Waals surface area contributed by atoms with Crippen molar-refractivity contribution in [3.8, 4) is 0 Å². The molecule has 4 aromatic rings. The lowest BCUT2D eigenvalue weighted by Crippen LogP contribution is -2.23. The largest absolute Gasteiger partial charge is 0.322 e. The Balaban J connectivity index is 1.46. The highest BCUT2D eigenvalue weighted by Gasteiger charge is 2.19. The molecule has 0 saturated carbocycles. The van der Waals surface area contributed by atoms with Crippen molar-refractivity contribution in [2.24, 2.45) is 0 Å². The molecule has 9 heteroatoms. The van der Waals surface area contributed by atoms with Gasteiger partial charge in [0, 0.05) is 6.20 Å². The summed E-state index contributed by atoms with van der Waals surface area (Å²) in [6.45, 7) is 2.19. The lowest BCUT2D eigenvalue weighted by atomic mass is 10.0. The number of hydrogen-bond acceptors (Lipinski definition) is 5. The Kier molecular flexibility index (Phi) is 4.78. The Bertz CT molecular complexity index is 1190. The topological polar surface area (TPSA) is 108 Å². The molecule has 0 aliphatic rings. The van der Waals surface area contributed by atoms with Gasteiger partial charge in [0.05, 0.1) is 23.4 Å². The van der Waals surface area contributed by atoms with E-state index in [2.05, 4.69) is 39.8 Å². The number of amides is 1. The third-order valence-electron chi connectivity index (χ3n) is 4.69. The first-order chi connectivity index (χ1) is 14.0. The molecule has 1 amide bonds. The molecule has 9 nitrogen and oxygen atoms in total. The number of nitrogens with one attached hydrogen (secondary N) is 1. The molecule has 0 bridgehead atoms. The van der Waals surface area contributed by atoms with E-state index in [0.717, 1.165) is 22.5 Å². The molecule has 0 spiro atoms. The molecular formula is C20H18N6O3. The number of anilines is 1. The lowest BCUT2D eigenvalue weighted by Gasteiger charge is -2.11. The van der Waals surface area contributed by atoms with Gasteiger partial charge in [0.15, 0.2) is 0 Å². The number of carbonyl (C=O) groups excluding carboxylic acids is 1. The Labute approximate surface area is 165 Å². The van der Waals surface area contributed by atoms with Gasteiger partial charge in [-0.2, -0.15) is 10.2 Å². The Morgan fingerprint density at radius 1 is 1.14 bits per heavy atom. The van der Waals surface area contributed by atoms with E-state index in [0.29, 0.717) is 12.2 Å². The van der Waals surface area contributed by atoms with Crippen molar-refractivity contribution in [2.75, 3.05) is 5.32 Å². The fraction of sp³-hybridized carbons (Fsp3) is 0.150. The molecular weight excluding hydrogens is 372 g/mol. The standard InChI is InChI=1S/C20H18N6O3/c1-14(25-13-18(10-22-25)26(28)29)20(27)23-17-9-21-24(12-17)11-16-7-4-6-15-5-2-3-8-19(15)16/h2-10,12-14H,11H2,1H3,(H,23,27). The second-order valence-electron chi connectivity index (χ2n) is 6.67. The van der Waals surface area contributed by atoms with Gasteiger partial charge in [-0.15, -0.1) is 0 Å². The number of rotatable bonds is 6. The maximum Gasteiger partial charge on any atom is 0.307 e. The second-order valence-corrected chi connectivity index (χ2v) is 6.67. The van der Waals surface area contributed by atoms with Crippen molar-refractivity contribution in [3.05, 3.63) is 82.9 Å². The van der Waals surface area contributed by atoms with E-state index in [9.17, 15) is 14.9 Å². The van der Waals surface area contributed by atoms with Crippen LogP contribution in [-0.4, -0.2) is 30.4 Å². The third kappa shape index (κ3) is 3.84. The summed E-state index contributed by atoms with van der Waals surface area (Å²) in [7, 11) is 0. The zero-order valence-corrected chi connectivity index (χ0v) is 15.6. The van der Waals surface area contributed by atoms with Crippen molar-refractivity contribution in [2.45, 2.75) is 19.5 Å². The normalized spacial score (nSPS) is 12.0. The Morgan fingerprint density at radius 3 is 2.72 bits per heavy atom. The highest BCUT2D eigenvalue weighted by molar-refractivity contribution is 5.93. The van der Waals surface area contributed by atoms with Crippen LogP contribution >= 0.6 is 0 Å². The fourth-order valence-corrected chi connectivity index (χ4v) is 3.12. The van der Waals surface area contributed by atoms with E-state index in [-0.39, 0.29) is 11.6 Å². The molecule has 0 fully saturated rings. The van der Waals surface area contributed by atoms with Gasteiger partial charge in [-0.1, -0.05) is 42.5 Å². The number of carbonyl (C=O) groups is 1. The summed E-state index contributed by atoms with van der Waals surface area (Å²) >= 11 is 0. The van der Waals surface area contributed by atoms with E-state index >= 15 is 0 Å². The summed E-state index contributed by atoms with van der Waals surface area (Å²) < 4.78 is 3.01. The quantitative estimate of drug-likeness (QED) is 0.401. The number of nitro groups is 1. The van der Waals surface area contributed by atoms with Gasteiger partial charge in [-0.25, -0.2) is 0 Å². The van der Waals surface area contributed by atoms with Crippen LogP contribution in [0.2, 0.25) is 0 Å². The summed E-state index contributed by atoms with van der Waals surface area (Å²) in [4.78, 5) is 22.7. The van der Waals surface area contributed by atoms with E-state index in [4.69, 9.17) is 0 Å². The second kappa shape index (κ2) is 7.55. The summed E-state index contributed by atoms with van der Waals surface area (Å²) in [5, 5.41) is 24.1. The van der Waals surface area contributed by atoms with Crippen molar-refractivity contribution in [3.63, 3.8) is 0 Å². The SMILES string of the molecule is CC(C(=O)Nc1cnn(Cc2cccc3ccccc23)c1)n1cc([N+](=O)[O-])cn1. The van der Waals surface area contributed by atoms with E-state index in [1.807, 2.05) is 18.2 Å². The number of hydrogen-bond donors (Lipinski definition) is 1. The highest BCUT2D eigenvalue weighted by Crippen LogP contribution is 2.20. The van der Waals surface area contributed by atoms with Crippen LogP contribution in [0.15, 0.2) is 67.3 Å². The predicted molar refractivity (Wildman–Crippen MR) is 107 cm³/mol. The van der Waals surface area contributed by atoms with Crippen LogP contribution in [0.3, 0.4) is 0 Å². The molecule has 4 rings (SSSR count). The summed E-state index contributed by atoms with van der Waals surface area (Å²) in [5.41, 5.74) is 1.51. The van der Waals surface area contributed by atoms with Crippen molar-refractivity contribution < 1.29 is 9.72 Å². The van der Waals surface area contributed by atoms with Gasteiger partial charge in [-0.05, 0) is 23.3 Å². The third-order valence-corrected chi connectivity index (χ3v) is 4.69.